The normalized spacial score (nSPS) is 11.6. The molecule has 0 radical (unpaired) electrons. The fourth-order valence-corrected chi connectivity index (χ4v) is 2.11. The van der Waals surface area contributed by atoms with E-state index in [4.69, 9.17) is 5.11 Å². The van der Waals surface area contributed by atoms with Gasteiger partial charge in [0.15, 0.2) is 0 Å². The van der Waals surface area contributed by atoms with Crippen LogP contribution in [0.5, 0.6) is 5.75 Å². The van der Waals surface area contributed by atoms with Gasteiger partial charge in [0, 0.05) is 5.39 Å². The molecule has 0 heterocycles. The Bertz CT molecular complexity index is 747. The standard InChI is InChI=1S/C11H8O6S/c12-10-8(11(13)14)4-2-6-1-3-7(5-9(6)10)18(15,16)17/h1-5,12H,(H,13,14)(H,15,16,17)/p-1. The molecule has 18 heavy (non-hydrogen) atoms. The average molecular weight is 267 g/mol. The van der Waals surface area contributed by atoms with Crippen molar-refractivity contribution in [2.45, 2.75) is 4.90 Å². The van der Waals surface area contributed by atoms with Crippen LogP contribution in [0.2, 0.25) is 0 Å². The fraction of sp³-hybridized carbons (Fsp3) is 0. The number of aromatic hydroxyl groups is 1. The van der Waals surface area contributed by atoms with E-state index in [1.807, 2.05) is 0 Å². The molecular formula is C11H7O6S-. The number of benzene rings is 2. The summed E-state index contributed by atoms with van der Waals surface area (Å²) in [4.78, 5) is 10.3. The van der Waals surface area contributed by atoms with Crippen molar-refractivity contribution in [3.8, 4) is 5.75 Å². The first-order valence-corrected chi connectivity index (χ1v) is 6.16. The number of hydrogen-bond donors (Lipinski definition) is 2. The van der Waals surface area contributed by atoms with Crippen molar-refractivity contribution >= 4 is 26.9 Å². The van der Waals surface area contributed by atoms with Gasteiger partial charge in [0.25, 0.3) is 0 Å². The topological polar surface area (TPSA) is 115 Å². The lowest BCUT2D eigenvalue weighted by atomic mass is 10.1. The number of carbonyl (C=O) groups is 1. The van der Waals surface area contributed by atoms with E-state index in [1.165, 1.54) is 18.2 Å². The molecule has 0 atom stereocenters. The van der Waals surface area contributed by atoms with Gasteiger partial charge in [-0.15, -0.1) is 0 Å². The van der Waals surface area contributed by atoms with Gasteiger partial charge in [-0.25, -0.2) is 13.2 Å². The Morgan fingerprint density at radius 3 is 2.33 bits per heavy atom. The number of carboxylic acid groups (broad SMARTS) is 1. The van der Waals surface area contributed by atoms with Gasteiger partial charge in [-0.2, -0.15) is 0 Å². The molecule has 0 fully saturated rings. The number of aromatic carboxylic acids is 1. The van der Waals surface area contributed by atoms with E-state index in [1.54, 1.807) is 0 Å². The molecule has 2 rings (SSSR count). The van der Waals surface area contributed by atoms with Crippen LogP contribution >= 0.6 is 0 Å². The number of phenols is 1. The van der Waals surface area contributed by atoms with Crippen LogP contribution in [0, 0.1) is 0 Å². The molecule has 0 aliphatic rings. The van der Waals surface area contributed by atoms with E-state index in [9.17, 15) is 22.9 Å². The number of hydrogen-bond acceptors (Lipinski definition) is 5. The molecule has 0 unspecified atom stereocenters. The monoisotopic (exact) mass is 267 g/mol. The highest BCUT2D eigenvalue weighted by molar-refractivity contribution is 7.85. The maximum Gasteiger partial charge on any atom is 0.339 e. The quantitative estimate of drug-likeness (QED) is 0.788. The zero-order valence-electron chi connectivity index (χ0n) is 8.82. The second-order valence-corrected chi connectivity index (χ2v) is 4.98. The van der Waals surface area contributed by atoms with Gasteiger partial charge in [0.1, 0.15) is 21.4 Å². The van der Waals surface area contributed by atoms with Crippen molar-refractivity contribution < 1.29 is 28.0 Å². The van der Waals surface area contributed by atoms with Crippen LogP contribution in [0.3, 0.4) is 0 Å². The summed E-state index contributed by atoms with van der Waals surface area (Å²) in [7, 11) is -4.65. The molecule has 2 aromatic carbocycles. The Balaban J connectivity index is 2.83. The van der Waals surface area contributed by atoms with Crippen molar-refractivity contribution in [3.05, 3.63) is 35.9 Å². The Morgan fingerprint density at radius 1 is 1.17 bits per heavy atom. The highest BCUT2D eigenvalue weighted by Crippen LogP contribution is 2.30. The maximum atomic E-state index is 10.9. The van der Waals surface area contributed by atoms with Gasteiger partial charge in [0.05, 0.1) is 4.90 Å². The van der Waals surface area contributed by atoms with Crippen molar-refractivity contribution in [2.24, 2.45) is 0 Å². The zero-order chi connectivity index (χ0) is 13.5. The minimum Gasteiger partial charge on any atom is -0.744 e. The zero-order valence-corrected chi connectivity index (χ0v) is 9.64. The second-order valence-electron chi connectivity index (χ2n) is 3.60. The Kier molecular flexibility index (Phi) is 2.72. The Hall–Kier alpha value is -2.12. The lowest BCUT2D eigenvalue weighted by Crippen LogP contribution is -2.00. The number of fused-ring (bicyclic) bond motifs is 1. The van der Waals surface area contributed by atoms with Crippen LogP contribution in [0.1, 0.15) is 10.4 Å². The SMILES string of the molecule is O=C(O)c1ccc2ccc(S(=O)(=O)[O-])cc2c1O. The molecule has 2 N–H and O–H groups in total. The third-order valence-corrected chi connectivity index (χ3v) is 3.31. The van der Waals surface area contributed by atoms with Crippen LogP contribution in [0.15, 0.2) is 35.2 Å². The lowest BCUT2D eigenvalue weighted by molar-refractivity contribution is 0.0694. The summed E-state index contributed by atoms with van der Waals surface area (Å²) in [6.07, 6.45) is 0. The minimum atomic E-state index is -4.65. The van der Waals surface area contributed by atoms with E-state index in [0.717, 1.165) is 12.1 Å². The molecule has 0 amide bonds. The Labute approximate surface area is 102 Å². The van der Waals surface area contributed by atoms with Crippen molar-refractivity contribution in [3.63, 3.8) is 0 Å². The third kappa shape index (κ3) is 2.01. The highest BCUT2D eigenvalue weighted by Gasteiger charge is 2.13. The molecule has 94 valence electrons. The fourth-order valence-electron chi connectivity index (χ4n) is 1.61. The van der Waals surface area contributed by atoms with E-state index >= 15 is 0 Å². The van der Waals surface area contributed by atoms with E-state index in [-0.39, 0.29) is 10.9 Å². The molecule has 0 saturated heterocycles. The molecule has 0 bridgehead atoms. The highest BCUT2D eigenvalue weighted by atomic mass is 32.2. The summed E-state index contributed by atoms with van der Waals surface area (Å²) in [5, 5.41) is 19.0. The molecule has 0 aromatic heterocycles. The number of carboxylic acids is 1. The summed E-state index contributed by atoms with van der Waals surface area (Å²) in [6, 6.07) is 6.00. The predicted octanol–water partition coefficient (Wildman–Crippen LogP) is 1.15. The van der Waals surface area contributed by atoms with Crippen molar-refractivity contribution in [1.29, 1.82) is 0 Å². The Morgan fingerprint density at radius 2 is 1.78 bits per heavy atom. The molecule has 7 heteroatoms. The van der Waals surface area contributed by atoms with Crippen molar-refractivity contribution in [2.75, 3.05) is 0 Å². The van der Waals surface area contributed by atoms with Gasteiger partial charge in [-0.3, -0.25) is 0 Å². The summed E-state index contributed by atoms with van der Waals surface area (Å²) >= 11 is 0. The molecule has 0 spiro atoms. The van der Waals surface area contributed by atoms with E-state index < -0.39 is 26.7 Å². The van der Waals surface area contributed by atoms with E-state index in [0.29, 0.717) is 5.39 Å². The van der Waals surface area contributed by atoms with Crippen molar-refractivity contribution in [1.82, 2.24) is 0 Å². The molecular weight excluding hydrogens is 260 g/mol. The average Bonchev–Trinajstić information content (AvgIpc) is 2.27. The largest absolute Gasteiger partial charge is 0.744 e. The molecule has 2 aromatic rings. The smallest absolute Gasteiger partial charge is 0.339 e. The first-order valence-electron chi connectivity index (χ1n) is 4.75. The van der Waals surface area contributed by atoms with Crippen LogP contribution in [0.25, 0.3) is 10.8 Å². The van der Waals surface area contributed by atoms with Crippen LogP contribution < -0.4 is 0 Å². The number of rotatable bonds is 2. The van der Waals surface area contributed by atoms with E-state index in [2.05, 4.69) is 0 Å². The minimum absolute atomic E-state index is 0.00632. The van der Waals surface area contributed by atoms with Gasteiger partial charge < -0.3 is 14.8 Å². The lowest BCUT2D eigenvalue weighted by Gasteiger charge is -2.09. The van der Waals surface area contributed by atoms with Crippen LogP contribution in [-0.4, -0.2) is 29.2 Å². The second kappa shape index (κ2) is 3.97. The summed E-state index contributed by atoms with van der Waals surface area (Å²) < 4.78 is 32.6. The first-order chi connectivity index (χ1) is 8.30. The van der Waals surface area contributed by atoms with Gasteiger partial charge in [0.2, 0.25) is 0 Å². The molecule has 6 nitrogen and oxygen atoms in total. The maximum absolute atomic E-state index is 10.9. The first kappa shape index (κ1) is 12.3. The summed E-state index contributed by atoms with van der Waals surface area (Å²) in [5.41, 5.74) is -0.358. The molecule has 0 saturated carbocycles. The summed E-state index contributed by atoms with van der Waals surface area (Å²) in [6.45, 7) is 0. The van der Waals surface area contributed by atoms with Gasteiger partial charge in [-0.05, 0) is 23.6 Å². The van der Waals surface area contributed by atoms with Gasteiger partial charge >= 0.3 is 5.97 Å². The van der Waals surface area contributed by atoms with Crippen LogP contribution in [0.4, 0.5) is 0 Å². The third-order valence-electron chi connectivity index (χ3n) is 2.48. The molecule has 0 aliphatic heterocycles. The molecule has 0 aliphatic carbocycles. The van der Waals surface area contributed by atoms with Crippen LogP contribution in [-0.2, 0) is 10.1 Å². The predicted molar refractivity (Wildman–Crippen MR) is 60.5 cm³/mol. The summed E-state index contributed by atoms with van der Waals surface area (Å²) in [5.74, 6) is -1.91. The van der Waals surface area contributed by atoms with Gasteiger partial charge in [-0.1, -0.05) is 12.1 Å².